The van der Waals surface area contributed by atoms with E-state index in [9.17, 15) is 9.59 Å². The van der Waals surface area contributed by atoms with Crippen LogP contribution in [0.4, 0.5) is 0 Å². The molecular weight excluding hydrogens is 192 g/mol. The summed E-state index contributed by atoms with van der Waals surface area (Å²) in [6.45, 7) is 0. The molecule has 0 aromatic carbocycles. The van der Waals surface area contributed by atoms with Crippen LogP contribution in [0.25, 0.3) is 0 Å². The Bertz CT molecular complexity index is 362. The van der Waals surface area contributed by atoms with Gasteiger partial charge in [0.05, 0.1) is 0 Å². The fourth-order valence-electron chi connectivity index (χ4n) is 3.69. The molecule has 0 N–H and O–H groups in total. The van der Waals surface area contributed by atoms with Crippen molar-refractivity contribution >= 4 is 11.6 Å². The molecule has 78 valence electrons. The van der Waals surface area contributed by atoms with Crippen LogP contribution in [-0.4, -0.2) is 23.8 Å². The van der Waals surface area contributed by atoms with Gasteiger partial charge in [-0.05, 0) is 24.7 Å². The van der Waals surface area contributed by atoms with Gasteiger partial charge in [0.25, 0.3) is 0 Å². The summed E-state index contributed by atoms with van der Waals surface area (Å²) in [5.41, 5.74) is 0. The van der Waals surface area contributed by atoms with Gasteiger partial charge in [0, 0.05) is 11.8 Å². The van der Waals surface area contributed by atoms with E-state index in [0.29, 0.717) is 11.8 Å². The minimum Gasteiger partial charge on any atom is -0.353 e. The zero-order valence-electron chi connectivity index (χ0n) is 8.26. The SMILES string of the molecule is O=C1C2OC2C(=O)C2C3C=CC(CC3)C12. The first kappa shape index (κ1) is 8.22. The van der Waals surface area contributed by atoms with E-state index in [4.69, 9.17) is 4.74 Å². The molecule has 1 saturated heterocycles. The molecule has 0 radical (unpaired) electrons. The van der Waals surface area contributed by atoms with Gasteiger partial charge in [0.1, 0.15) is 0 Å². The molecule has 3 nitrogen and oxygen atoms in total. The summed E-state index contributed by atoms with van der Waals surface area (Å²) in [6, 6.07) is 0. The average molecular weight is 204 g/mol. The number of rotatable bonds is 0. The van der Waals surface area contributed by atoms with E-state index in [0.717, 1.165) is 12.8 Å². The highest BCUT2D eigenvalue weighted by atomic mass is 16.6. The number of epoxide rings is 1. The Kier molecular flexibility index (Phi) is 1.32. The van der Waals surface area contributed by atoms with Crippen molar-refractivity contribution in [3.05, 3.63) is 12.2 Å². The van der Waals surface area contributed by atoms with Crippen LogP contribution in [0.2, 0.25) is 0 Å². The Morgan fingerprint density at radius 3 is 1.80 bits per heavy atom. The van der Waals surface area contributed by atoms with Crippen LogP contribution in [0.5, 0.6) is 0 Å². The van der Waals surface area contributed by atoms with Crippen molar-refractivity contribution < 1.29 is 14.3 Å². The summed E-state index contributed by atoms with van der Waals surface area (Å²) in [7, 11) is 0. The number of hydrogen-bond acceptors (Lipinski definition) is 3. The zero-order valence-corrected chi connectivity index (χ0v) is 8.26. The average Bonchev–Trinajstić information content (AvgIpc) is 3.07. The van der Waals surface area contributed by atoms with Crippen LogP contribution >= 0.6 is 0 Å². The van der Waals surface area contributed by atoms with E-state index in [-0.39, 0.29) is 35.6 Å². The van der Waals surface area contributed by atoms with Gasteiger partial charge in [-0.1, -0.05) is 12.2 Å². The second-order valence-electron chi connectivity index (χ2n) is 5.12. The summed E-state index contributed by atoms with van der Waals surface area (Å²) in [6.07, 6.45) is 5.68. The third-order valence-electron chi connectivity index (χ3n) is 4.46. The van der Waals surface area contributed by atoms with Gasteiger partial charge in [0.2, 0.25) is 0 Å². The van der Waals surface area contributed by atoms with E-state index >= 15 is 0 Å². The molecule has 15 heavy (non-hydrogen) atoms. The monoisotopic (exact) mass is 204 g/mol. The van der Waals surface area contributed by atoms with Gasteiger partial charge in [-0.25, -0.2) is 0 Å². The normalized spacial score (nSPS) is 55.2. The molecule has 4 aliphatic carbocycles. The first-order valence-corrected chi connectivity index (χ1v) is 5.68. The molecule has 2 saturated carbocycles. The Morgan fingerprint density at radius 1 is 0.933 bits per heavy atom. The number of ether oxygens (including phenoxy) is 1. The summed E-state index contributed by atoms with van der Waals surface area (Å²) < 4.78 is 5.19. The van der Waals surface area contributed by atoms with Crippen LogP contribution in [-0.2, 0) is 14.3 Å². The third kappa shape index (κ3) is 0.858. The minimum absolute atomic E-state index is 0.0509. The van der Waals surface area contributed by atoms with E-state index in [1.165, 1.54) is 0 Å². The number of ketones is 2. The molecule has 0 spiro atoms. The summed E-state index contributed by atoms with van der Waals surface area (Å²) in [5.74, 6) is 0.908. The van der Waals surface area contributed by atoms with E-state index < -0.39 is 0 Å². The van der Waals surface area contributed by atoms with Crippen LogP contribution in [0, 0.1) is 23.7 Å². The second-order valence-corrected chi connectivity index (χ2v) is 5.12. The number of Topliss-reactive ketones (excluding diaryl/α,β-unsaturated/α-hetero) is 2. The number of carbonyl (C=O) groups excluding carboxylic acids is 2. The maximum absolute atomic E-state index is 12.0. The molecule has 0 aromatic rings. The highest BCUT2D eigenvalue weighted by Crippen LogP contribution is 2.52. The lowest BCUT2D eigenvalue weighted by Crippen LogP contribution is -2.51. The fourth-order valence-corrected chi connectivity index (χ4v) is 3.69. The number of allylic oxidation sites excluding steroid dienone is 2. The van der Waals surface area contributed by atoms with Crippen LogP contribution in [0.1, 0.15) is 12.8 Å². The maximum Gasteiger partial charge on any atom is 0.169 e. The molecular formula is C12H12O3. The molecule has 5 rings (SSSR count). The predicted molar refractivity (Wildman–Crippen MR) is 51.0 cm³/mol. The highest BCUT2D eigenvalue weighted by molar-refractivity contribution is 6.06. The molecule has 1 heterocycles. The molecule has 2 bridgehead atoms. The zero-order chi connectivity index (χ0) is 10.2. The smallest absolute Gasteiger partial charge is 0.169 e. The Labute approximate surface area is 87.5 Å². The lowest BCUT2D eigenvalue weighted by Gasteiger charge is -2.44. The van der Waals surface area contributed by atoms with E-state index in [2.05, 4.69) is 12.2 Å². The summed E-state index contributed by atoms with van der Waals surface area (Å²) in [5, 5.41) is 0. The standard InChI is InChI=1S/C12H12O3/c13-9-7-5-1-2-6(4-3-5)8(7)10(14)12-11(9)15-12/h1-2,5-8,11-12H,3-4H2. The Hall–Kier alpha value is -0.960. The summed E-state index contributed by atoms with van der Waals surface area (Å²) >= 11 is 0. The van der Waals surface area contributed by atoms with Gasteiger partial charge in [0.15, 0.2) is 23.8 Å². The largest absolute Gasteiger partial charge is 0.353 e. The van der Waals surface area contributed by atoms with E-state index in [1.54, 1.807) is 0 Å². The van der Waals surface area contributed by atoms with E-state index in [1.807, 2.05) is 0 Å². The first-order chi connectivity index (χ1) is 7.27. The third-order valence-corrected chi connectivity index (χ3v) is 4.46. The minimum atomic E-state index is -0.369. The molecule has 6 atom stereocenters. The lowest BCUT2D eigenvalue weighted by atomic mass is 9.57. The van der Waals surface area contributed by atoms with Gasteiger partial charge < -0.3 is 4.74 Å². The van der Waals surface area contributed by atoms with Crippen molar-refractivity contribution in [2.24, 2.45) is 23.7 Å². The van der Waals surface area contributed by atoms with Crippen LogP contribution < -0.4 is 0 Å². The van der Waals surface area contributed by atoms with Gasteiger partial charge in [-0.3, -0.25) is 9.59 Å². The molecule has 0 amide bonds. The predicted octanol–water partition coefficient (Wildman–Crippen LogP) is 0.734. The highest BCUT2D eigenvalue weighted by Gasteiger charge is 2.64. The van der Waals surface area contributed by atoms with Crippen LogP contribution in [0.15, 0.2) is 12.2 Å². The number of hydrogen-bond donors (Lipinski definition) is 0. The number of fused-ring (bicyclic) bond motifs is 2. The lowest BCUT2D eigenvalue weighted by molar-refractivity contribution is -0.141. The van der Waals surface area contributed by atoms with Crippen LogP contribution in [0.3, 0.4) is 0 Å². The molecule has 0 aromatic heterocycles. The van der Waals surface area contributed by atoms with Crippen molar-refractivity contribution in [3.8, 4) is 0 Å². The molecule has 5 aliphatic rings. The molecule has 3 heteroatoms. The Morgan fingerprint density at radius 2 is 1.40 bits per heavy atom. The summed E-state index contributed by atoms with van der Waals surface area (Å²) in [4.78, 5) is 24.1. The quantitative estimate of drug-likeness (QED) is 0.432. The van der Waals surface area contributed by atoms with Gasteiger partial charge in [-0.2, -0.15) is 0 Å². The molecule has 6 unspecified atom stereocenters. The molecule has 3 fully saturated rings. The Balaban J connectivity index is 1.83. The maximum atomic E-state index is 12.0. The van der Waals surface area contributed by atoms with Crippen molar-refractivity contribution in [2.75, 3.05) is 0 Å². The van der Waals surface area contributed by atoms with Crippen molar-refractivity contribution in [3.63, 3.8) is 0 Å². The van der Waals surface area contributed by atoms with Crippen molar-refractivity contribution in [1.82, 2.24) is 0 Å². The molecule has 1 aliphatic heterocycles. The fraction of sp³-hybridized carbons (Fsp3) is 0.667. The first-order valence-electron chi connectivity index (χ1n) is 5.68. The topological polar surface area (TPSA) is 46.7 Å². The van der Waals surface area contributed by atoms with Gasteiger partial charge in [-0.15, -0.1) is 0 Å². The van der Waals surface area contributed by atoms with Crippen molar-refractivity contribution in [2.45, 2.75) is 25.0 Å². The number of carbonyl (C=O) groups is 2. The second kappa shape index (κ2) is 2.40. The van der Waals surface area contributed by atoms with Crippen molar-refractivity contribution in [1.29, 1.82) is 0 Å². The van der Waals surface area contributed by atoms with Gasteiger partial charge >= 0.3 is 0 Å².